The van der Waals surface area contributed by atoms with E-state index in [1.807, 2.05) is 57.2 Å². The van der Waals surface area contributed by atoms with E-state index in [9.17, 15) is 14.4 Å². The minimum Gasteiger partial charge on any atom is -0.490 e. The highest BCUT2D eigenvalue weighted by Gasteiger charge is 2.36. The van der Waals surface area contributed by atoms with Crippen LogP contribution in [0.4, 0.5) is 10.5 Å². The predicted octanol–water partition coefficient (Wildman–Crippen LogP) is 6.09. The molecule has 1 aliphatic heterocycles. The molecule has 0 aromatic heterocycles. The number of nitrogens with one attached hydrogen (secondary N) is 1. The Bertz CT molecular complexity index is 1330. The van der Waals surface area contributed by atoms with Crippen molar-refractivity contribution in [3.8, 4) is 11.5 Å². The summed E-state index contributed by atoms with van der Waals surface area (Å²) in [6.07, 6.45) is 2.52. The van der Waals surface area contributed by atoms with Gasteiger partial charge in [-0.25, -0.2) is 0 Å². The molecule has 3 aromatic carbocycles. The second-order valence-corrected chi connectivity index (χ2v) is 9.31. The normalized spacial score (nSPS) is 15.4. The average molecular weight is 505 g/mol. The lowest BCUT2D eigenvalue weighted by Gasteiger charge is -2.16. The number of hydrogen-bond acceptors (Lipinski definition) is 6. The number of benzene rings is 3. The lowest BCUT2D eigenvalue weighted by Crippen LogP contribution is -2.36. The zero-order valence-corrected chi connectivity index (χ0v) is 21.3. The second-order valence-electron chi connectivity index (χ2n) is 8.32. The van der Waals surface area contributed by atoms with Crippen LogP contribution in [0.15, 0.2) is 65.6 Å². The predicted molar refractivity (Wildman–Crippen MR) is 143 cm³/mol. The molecule has 3 aromatic rings. The van der Waals surface area contributed by atoms with Crippen LogP contribution in [0.25, 0.3) is 16.8 Å². The Balaban J connectivity index is 1.48. The molecule has 0 saturated carbocycles. The third kappa shape index (κ3) is 5.71. The standard InChI is InChI=1S/C28H28N2O5S/c1-4-18(3)35-23-14-13-19(15-24(23)34-5-2)16-25-27(32)30(28(33)36-25)17-26(31)29-22-12-8-10-20-9-6-7-11-21(20)22/h6-16,18H,4-5,17H2,1-3H3,(H,29,31)/b25-16+/t18-/m0/s1. The molecule has 36 heavy (non-hydrogen) atoms. The summed E-state index contributed by atoms with van der Waals surface area (Å²) in [5.74, 6) is 0.248. The van der Waals surface area contributed by atoms with Crippen molar-refractivity contribution < 1.29 is 23.9 Å². The number of imide groups is 1. The summed E-state index contributed by atoms with van der Waals surface area (Å²) in [6.45, 7) is 6.00. The van der Waals surface area contributed by atoms with Gasteiger partial charge in [0, 0.05) is 11.1 Å². The average Bonchev–Trinajstić information content (AvgIpc) is 3.13. The molecule has 0 bridgehead atoms. The van der Waals surface area contributed by atoms with Crippen LogP contribution in [0.5, 0.6) is 11.5 Å². The highest BCUT2D eigenvalue weighted by atomic mass is 32.2. The van der Waals surface area contributed by atoms with Gasteiger partial charge in [-0.1, -0.05) is 49.4 Å². The van der Waals surface area contributed by atoms with Crippen molar-refractivity contribution in [2.24, 2.45) is 0 Å². The Hall–Kier alpha value is -3.78. The molecule has 7 nitrogen and oxygen atoms in total. The van der Waals surface area contributed by atoms with Crippen LogP contribution in [0.2, 0.25) is 0 Å². The summed E-state index contributed by atoms with van der Waals surface area (Å²) in [4.78, 5) is 39.5. The number of fused-ring (bicyclic) bond motifs is 1. The quantitative estimate of drug-likeness (QED) is 0.355. The Kier molecular flexibility index (Phi) is 7.95. The van der Waals surface area contributed by atoms with Gasteiger partial charge < -0.3 is 14.8 Å². The topological polar surface area (TPSA) is 84.9 Å². The largest absolute Gasteiger partial charge is 0.490 e. The summed E-state index contributed by atoms with van der Waals surface area (Å²) in [7, 11) is 0. The van der Waals surface area contributed by atoms with E-state index < -0.39 is 17.1 Å². The molecular formula is C28H28N2O5S. The van der Waals surface area contributed by atoms with Gasteiger partial charge in [0.25, 0.3) is 11.1 Å². The summed E-state index contributed by atoms with van der Waals surface area (Å²) in [5, 5.41) is 4.20. The number of thioether (sulfide) groups is 1. The van der Waals surface area contributed by atoms with E-state index >= 15 is 0 Å². The molecule has 4 rings (SSSR count). The minimum atomic E-state index is -0.504. The molecule has 1 atom stereocenters. The van der Waals surface area contributed by atoms with Crippen molar-refractivity contribution >= 4 is 51.4 Å². The van der Waals surface area contributed by atoms with E-state index in [2.05, 4.69) is 5.32 Å². The lowest BCUT2D eigenvalue weighted by molar-refractivity contribution is -0.127. The SMILES string of the molecule is CCOc1cc(/C=C2/SC(=O)N(CC(=O)Nc3cccc4ccccc34)C2=O)ccc1O[C@@H](C)CC. The van der Waals surface area contributed by atoms with Gasteiger partial charge in [-0.15, -0.1) is 0 Å². The first-order valence-electron chi connectivity index (χ1n) is 11.9. The van der Waals surface area contributed by atoms with E-state index in [0.717, 1.165) is 33.9 Å². The van der Waals surface area contributed by atoms with Crippen LogP contribution in [0.3, 0.4) is 0 Å². The molecule has 0 radical (unpaired) electrons. The number of anilines is 1. The van der Waals surface area contributed by atoms with Gasteiger partial charge in [-0.2, -0.15) is 0 Å². The van der Waals surface area contributed by atoms with E-state index in [1.54, 1.807) is 30.3 Å². The van der Waals surface area contributed by atoms with Crippen molar-refractivity contribution in [1.82, 2.24) is 4.90 Å². The number of carbonyl (C=O) groups is 3. The maximum atomic E-state index is 13.0. The maximum Gasteiger partial charge on any atom is 0.294 e. The Morgan fingerprint density at radius 3 is 2.61 bits per heavy atom. The van der Waals surface area contributed by atoms with Crippen LogP contribution in [-0.4, -0.2) is 41.2 Å². The number of ether oxygens (including phenoxy) is 2. The summed E-state index contributed by atoms with van der Waals surface area (Å²) in [6, 6.07) is 18.6. The van der Waals surface area contributed by atoms with Gasteiger partial charge >= 0.3 is 0 Å². The highest BCUT2D eigenvalue weighted by Crippen LogP contribution is 2.35. The molecule has 0 aliphatic carbocycles. The fourth-order valence-electron chi connectivity index (χ4n) is 3.74. The van der Waals surface area contributed by atoms with E-state index in [1.165, 1.54) is 0 Å². The van der Waals surface area contributed by atoms with Crippen molar-refractivity contribution in [2.45, 2.75) is 33.3 Å². The van der Waals surface area contributed by atoms with E-state index in [4.69, 9.17) is 9.47 Å². The first-order chi connectivity index (χ1) is 17.4. The number of carbonyl (C=O) groups excluding carboxylic acids is 3. The zero-order chi connectivity index (χ0) is 25.7. The monoisotopic (exact) mass is 504 g/mol. The maximum absolute atomic E-state index is 13.0. The van der Waals surface area contributed by atoms with Crippen molar-refractivity contribution in [2.75, 3.05) is 18.5 Å². The van der Waals surface area contributed by atoms with Crippen LogP contribution in [0, 0.1) is 0 Å². The molecule has 0 unspecified atom stereocenters. The van der Waals surface area contributed by atoms with Crippen molar-refractivity contribution in [1.29, 1.82) is 0 Å². The summed E-state index contributed by atoms with van der Waals surface area (Å²) >= 11 is 0.812. The first-order valence-corrected chi connectivity index (χ1v) is 12.7. The number of nitrogens with zero attached hydrogens (tertiary/aromatic N) is 1. The fraction of sp³-hybridized carbons (Fsp3) is 0.250. The molecule has 3 amide bonds. The number of hydrogen-bond donors (Lipinski definition) is 1. The van der Waals surface area contributed by atoms with Gasteiger partial charge in [0.05, 0.1) is 17.6 Å². The third-order valence-corrected chi connectivity index (χ3v) is 6.61. The Morgan fingerprint density at radius 1 is 1.06 bits per heavy atom. The van der Waals surface area contributed by atoms with Gasteiger partial charge in [0.1, 0.15) is 6.54 Å². The summed E-state index contributed by atoms with van der Waals surface area (Å²) in [5.41, 5.74) is 1.32. The molecule has 8 heteroatoms. The highest BCUT2D eigenvalue weighted by molar-refractivity contribution is 8.18. The number of rotatable bonds is 9. The van der Waals surface area contributed by atoms with Crippen molar-refractivity contribution in [3.05, 3.63) is 71.1 Å². The lowest BCUT2D eigenvalue weighted by atomic mass is 10.1. The molecule has 1 fully saturated rings. The van der Waals surface area contributed by atoms with Gasteiger partial charge in [0.15, 0.2) is 11.5 Å². The second kappa shape index (κ2) is 11.3. The summed E-state index contributed by atoms with van der Waals surface area (Å²) < 4.78 is 11.6. The smallest absolute Gasteiger partial charge is 0.294 e. The van der Waals surface area contributed by atoms with Crippen LogP contribution in [-0.2, 0) is 9.59 Å². The molecule has 1 aliphatic rings. The molecule has 1 saturated heterocycles. The zero-order valence-electron chi connectivity index (χ0n) is 20.4. The van der Waals surface area contributed by atoms with Gasteiger partial charge in [0.2, 0.25) is 5.91 Å². The van der Waals surface area contributed by atoms with Crippen LogP contribution < -0.4 is 14.8 Å². The Morgan fingerprint density at radius 2 is 1.83 bits per heavy atom. The molecule has 0 spiro atoms. The number of amides is 3. The van der Waals surface area contributed by atoms with E-state index in [0.29, 0.717) is 29.4 Å². The minimum absolute atomic E-state index is 0.0339. The van der Waals surface area contributed by atoms with E-state index in [-0.39, 0.29) is 17.6 Å². The fourth-order valence-corrected chi connectivity index (χ4v) is 4.57. The van der Waals surface area contributed by atoms with Gasteiger partial charge in [-0.3, -0.25) is 19.3 Å². The molecule has 1 heterocycles. The van der Waals surface area contributed by atoms with Gasteiger partial charge in [-0.05, 0) is 67.3 Å². The Labute approximate surface area is 214 Å². The molecule has 186 valence electrons. The van der Waals surface area contributed by atoms with Crippen LogP contribution >= 0.6 is 11.8 Å². The van der Waals surface area contributed by atoms with Crippen molar-refractivity contribution in [3.63, 3.8) is 0 Å². The molecular weight excluding hydrogens is 476 g/mol. The first kappa shape index (κ1) is 25.3. The molecule has 1 N–H and O–H groups in total. The van der Waals surface area contributed by atoms with Crippen LogP contribution in [0.1, 0.15) is 32.8 Å². The third-order valence-electron chi connectivity index (χ3n) is 5.71.